The Kier molecular flexibility index (Phi) is 7.80. The molecule has 0 bridgehead atoms. The zero-order valence-electron chi connectivity index (χ0n) is 15.0. The zero-order valence-corrected chi connectivity index (χ0v) is 15.0. The van der Waals surface area contributed by atoms with Gasteiger partial charge in [0.05, 0.1) is 19.8 Å². The number of aliphatic hydroxyl groups is 5. The van der Waals surface area contributed by atoms with Gasteiger partial charge in [-0.3, -0.25) is 4.79 Å². The average molecular weight is 394 g/mol. The van der Waals surface area contributed by atoms with Crippen molar-refractivity contribution >= 4 is 17.7 Å². The topological polar surface area (TPSA) is 209 Å². The van der Waals surface area contributed by atoms with Crippen LogP contribution in [0.25, 0.3) is 0 Å². The van der Waals surface area contributed by atoms with Crippen molar-refractivity contribution in [3.8, 4) is 0 Å². The summed E-state index contributed by atoms with van der Waals surface area (Å²) in [5.41, 5.74) is 3.74. The lowest BCUT2D eigenvalue weighted by molar-refractivity contribution is -0.312. The number of carbonyl (C=O) groups excluding carboxylic acids is 3. The molecular weight excluding hydrogens is 368 g/mol. The number of rotatable bonds is 8. The second kappa shape index (κ2) is 9.01. The minimum absolute atomic E-state index is 0.114. The first kappa shape index (κ1) is 23.4. The molecular formula is C15H26N2O10. The van der Waals surface area contributed by atoms with E-state index in [9.17, 15) is 34.8 Å². The third kappa shape index (κ3) is 5.19. The van der Waals surface area contributed by atoms with Crippen molar-refractivity contribution in [3.05, 3.63) is 0 Å². The summed E-state index contributed by atoms with van der Waals surface area (Å²) in [5, 5.41) is 51.9. The van der Waals surface area contributed by atoms with Gasteiger partial charge in [-0.25, -0.2) is 4.79 Å². The van der Waals surface area contributed by atoms with Crippen LogP contribution in [0.2, 0.25) is 0 Å². The standard InChI is InChI=1S/C15H26N2O10/c1-7(19)3-4-10(22)17-15(16)9(21)5-14(25,13(24)26-2)27-12(15)11(23)8(20)6-18/h8-9,11-12,18,20-21,23,25H,3-6,16H2,1-2H3,(H,17,22)/t8-,9+,11-,12+,14+,15+/m1/s1. The lowest BCUT2D eigenvalue weighted by Gasteiger charge is -2.50. The highest BCUT2D eigenvalue weighted by Gasteiger charge is 2.60. The molecule has 8 N–H and O–H groups in total. The van der Waals surface area contributed by atoms with Gasteiger partial charge in [0.2, 0.25) is 5.91 Å². The molecule has 12 heteroatoms. The monoisotopic (exact) mass is 394 g/mol. The Bertz CT molecular complexity index is 573. The molecule has 6 atom stereocenters. The van der Waals surface area contributed by atoms with Crippen LogP contribution < -0.4 is 11.1 Å². The number of nitrogens with one attached hydrogen (secondary N) is 1. The Morgan fingerprint density at radius 2 is 1.93 bits per heavy atom. The summed E-state index contributed by atoms with van der Waals surface area (Å²) in [6.45, 7) is 0.326. The van der Waals surface area contributed by atoms with Gasteiger partial charge in [0.15, 0.2) is 0 Å². The first-order chi connectivity index (χ1) is 12.4. The summed E-state index contributed by atoms with van der Waals surface area (Å²) in [6, 6.07) is 0. The predicted octanol–water partition coefficient (Wildman–Crippen LogP) is -4.15. The van der Waals surface area contributed by atoms with E-state index >= 15 is 0 Å². The van der Waals surface area contributed by atoms with Crippen molar-refractivity contribution in [2.75, 3.05) is 13.7 Å². The Hall–Kier alpha value is -1.67. The van der Waals surface area contributed by atoms with Crippen LogP contribution in [-0.2, 0) is 23.9 Å². The van der Waals surface area contributed by atoms with E-state index in [1.54, 1.807) is 0 Å². The Labute approximate surface area is 154 Å². The van der Waals surface area contributed by atoms with Crippen LogP contribution in [0.4, 0.5) is 0 Å². The predicted molar refractivity (Wildman–Crippen MR) is 86.5 cm³/mol. The second-order valence-electron chi connectivity index (χ2n) is 6.46. The molecule has 12 nitrogen and oxygen atoms in total. The molecule has 0 aromatic rings. The van der Waals surface area contributed by atoms with Crippen LogP contribution in [0.15, 0.2) is 0 Å². The summed E-state index contributed by atoms with van der Waals surface area (Å²) < 4.78 is 9.50. The van der Waals surface area contributed by atoms with Crippen molar-refractivity contribution in [1.82, 2.24) is 5.32 Å². The molecule has 1 aliphatic rings. The van der Waals surface area contributed by atoms with E-state index < -0.39 is 60.8 Å². The fraction of sp³-hybridized carbons (Fsp3) is 0.800. The van der Waals surface area contributed by atoms with Gasteiger partial charge < -0.3 is 50.9 Å². The molecule has 0 aromatic carbocycles. The number of esters is 1. The fourth-order valence-corrected chi connectivity index (χ4v) is 2.68. The van der Waals surface area contributed by atoms with E-state index in [1.165, 1.54) is 6.92 Å². The molecule has 0 saturated carbocycles. The lowest BCUT2D eigenvalue weighted by Crippen LogP contribution is -2.79. The number of carbonyl (C=O) groups is 3. The van der Waals surface area contributed by atoms with E-state index in [4.69, 9.17) is 15.6 Å². The number of ketones is 1. The minimum Gasteiger partial charge on any atom is -0.465 e. The van der Waals surface area contributed by atoms with Gasteiger partial charge >= 0.3 is 5.97 Å². The van der Waals surface area contributed by atoms with E-state index in [1.807, 2.05) is 0 Å². The molecule has 0 aliphatic carbocycles. The van der Waals surface area contributed by atoms with Gasteiger partial charge in [0.25, 0.3) is 5.79 Å². The summed E-state index contributed by atoms with van der Waals surface area (Å²) in [6.07, 6.45) is -8.82. The molecule has 1 aliphatic heterocycles. The van der Waals surface area contributed by atoms with Gasteiger partial charge in [-0.05, 0) is 6.92 Å². The number of nitrogens with two attached hydrogens (primary N) is 1. The number of aliphatic hydroxyl groups excluding tert-OH is 4. The van der Waals surface area contributed by atoms with E-state index in [2.05, 4.69) is 10.1 Å². The van der Waals surface area contributed by atoms with Crippen LogP contribution in [0.5, 0.6) is 0 Å². The van der Waals surface area contributed by atoms with E-state index in [0.29, 0.717) is 0 Å². The second-order valence-corrected chi connectivity index (χ2v) is 6.46. The number of Topliss-reactive ketones (excluding diaryl/α,β-unsaturated/α-hetero) is 1. The number of methoxy groups -OCH3 is 1. The highest BCUT2D eigenvalue weighted by molar-refractivity contribution is 5.84. The van der Waals surface area contributed by atoms with E-state index in [0.717, 1.165) is 7.11 Å². The van der Waals surface area contributed by atoms with Gasteiger partial charge in [-0.15, -0.1) is 0 Å². The van der Waals surface area contributed by atoms with Crippen LogP contribution in [0, 0.1) is 0 Å². The van der Waals surface area contributed by atoms with Crippen molar-refractivity contribution in [2.45, 2.75) is 62.1 Å². The van der Waals surface area contributed by atoms with Crippen molar-refractivity contribution in [1.29, 1.82) is 0 Å². The van der Waals surface area contributed by atoms with Crippen molar-refractivity contribution in [3.63, 3.8) is 0 Å². The molecule has 0 spiro atoms. The van der Waals surface area contributed by atoms with Crippen LogP contribution in [0.1, 0.15) is 26.2 Å². The van der Waals surface area contributed by atoms with Gasteiger partial charge in [0, 0.05) is 19.3 Å². The summed E-state index contributed by atoms with van der Waals surface area (Å²) in [4.78, 5) is 34.9. The minimum atomic E-state index is -2.72. The maximum Gasteiger partial charge on any atom is 0.366 e. The molecule has 1 saturated heterocycles. The zero-order chi connectivity index (χ0) is 21.0. The number of amides is 1. The Balaban J connectivity index is 3.19. The molecule has 27 heavy (non-hydrogen) atoms. The summed E-state index contributed by atoms with van der Waals surface area (Å²) in [7, 11) is 0.942. The molecule has 1 heterocycles. The fourth-order valence-electron chi connectivity index (χ4n) is 2.68. The number of ether oxygens (including phenoxy) is 2. The van der Waals surface area contributed by atoms with Crippen molar-refractivity contribution < 1.29 is 49.4 Å². The maximum atomic E-state index is 12.1. The van der Waals surface area contributed by atoms with Crippen LogP contribution in [0.3, 0.4) is 0 Å². The quantitative estimate of drug-likeness (QED) is 0.155. The molecule has 156 valence electrons. The molecule has 1 rings (SSSR count). The van der Waals surface area contributed by atoms with Gasteiger partial charge in [0.1, 0.15) is 29.8 Å². The first-order valence-corrected chi connectivity index (χ1v) is 8.14. The van der Waals surface area contributed by atoms with Gasteiger partial charge in [-0.2, -0.15) is 0 Å². The van der Waals surface area contributed by atoms with E-state index in [-0.39, 0.29) is 18.6 Å². The molecule has 0 unspecified atom stereocenters. The third-order valence-corrected chi connectivity index (χ3v) is 4.27. The molecule has 0 radical (unpaired) electrons. The number of hydrogen-bond acceptors (Lipinski definition) is 11. The Morgan fingerprint density at radius 1 is 1.33 bits per heavy atom. The summed E-state index contributed by atoms with van der Waals surface area (Å²) >= 11 is 0. The highest BCUT2D eigenvalue weighted by Crippen LogP contribution is 2.35. The number of hydrogen-bond donors (Lipinski definition) is 7. The average Bonchev–Trinajstić information content (AvgIpc) is 2.61. The SMILES string of the molecule is COC(=O)[C@]1(O)C[C@H](O)[C@](N)(NC(=O)CCC(C)=O)[C@H]([C@H](O)[C@H](O)CO)O1. The molecule has 1 fully saturated rings. The lowest BCUT2D eigenvalue weighted by atomic mass is 9.83. The molecule has 0 aromatic heterocycles. The largest absolute Gasteiger partial charge is 0.465 e. The maximum absolute atomic E-state index is 12.1. The highest BCUT2D eigenvalue weighted by atomic mass is 16.7. The Morgan fingerprint density at radius 3 is 2.41 bits per heavy atom. The van der Waals surface area contributed by atoms with Crippen LogP contribution in [-0.4, -0.2) is 92.8 Å². The van der Waals surface area contributed by atoms with Gasteiger partial charge in [-0.1, -0.05) is 0 Å². The smallest absolute Gasteiger partial charge is 0.366 e. The normalized spacial score (nSPS) is 33.0. The first-order valence-electron chi connectivity index (χ1n) is 8.14. The van der Waals surface area contributed by atoms with Crippen LogP contribution >= 0.6 is 0 Å². The third-order valence-electron chi connectivity index (χ3n) is 4.27. The summed E-state index contributed by atoms with van der Waals surface area (Å²) in [5.74, 6) is -5.08. The van der Waals surface area contributed by atoms with Crippen molar-refractivity contribution in [2.24, 2.45) is 5.73 Å². The molecule has 1 amide bonds.